The molecule has 2 saturated carbocycles. The van der Waals surface area contributed by atoms with Gasteiger partial charge in [0, 0.05) is 18.3 Å². The summed E-state index contributed by atoms with van der Waals surface area (Å²) in [6.07, 6.45) is 5.41. The van der Waals surface area contributed by atoms with E-state index in [9.17, 15) is 8.42 Å². The molecule has 6 heteroatoms. The largest absolute Gasteiger partial charge is 0.384 e. The zero-order valence-corrected chi connectivity index (χ0v) is 13.0. The van der Waals surface area contributed by atoms with Crippen molar-refractivity contribution in [3.63, 3.8) is 0 Å². The van der Waals surface area contributed by atoms with Crippen LogP contribution in [0.2, 0.25) is 0 Å². The molecule has 0 aromatic heterocycles. The first-order chi connectivity index (χ1) is 10.0. The number of benzene rings is 1. The Bertz CT molecular complexity index is 590. The van der Waals surface area contributed by atoms with Gasteiger partial charge in [0.25, 0.3) is 0 Å². The maximum atomic E-state index is 12.1. The molecule has 2 fully saturated rings. The normalized spacial score (nSPS) is 20.2. The molecule has 2 aliphatic rings. The molecule has 0 bridgehead atoms. The van der Waals surface area contributed by atoms with Gasteiger partial charge in [0.05, 0.1) is 4.90 Å². The van der Waals surface area contributed by atoms with Crippen molar-refractivity contribution in [2.75, 3.05) is 18.4 Å². The lowest BCUT2D eigenvalue weighted by Gasteiger charge is -2.16. The minimum absolute atomic E-state index is 0.138. The van der Waals surface area contributed by atoms with Crippen LogP contribution in [0.1, 0.15) is 32.1 Å². The van der Waals surface area contributed by atoms with Crippen molar-refractivity contribution in [3.8, 4) is 0 Å². The van der Waals surface area contributed by atoms with Crippen molar-refractivity contribution >= 4 is 15.7 Å². The van der Waals surface area contributed by atoms with Crippen LogP contribution in [-0.2, 0) is 10.0 Å². The summed E-state index contributed by atoms with van der Waals surface area (Å²) < 4.78 is 26.8. The van der Waals surface area contributed by atoms with E-state index in [-0.39, 0.29) is 6.04 Å². The van der Waals surface area contributed by atoms with Gasteiger partial charge in [-0.25, -0.2) is 13.1 Å². The van der Waals surface area contributed by atoms with Gasteiger partial charge in [0.15, 0.2) is 0 Å². The maximum absolute atomic E-state index is 12.1. The fourth-order valence-electron chi connectivity index (χ4n) is 2.53. The van der Waals surface area contributed by atoms with Crippen molar-refractivity contribution in [2.24, 2.45) is 11.1 Å². The molecule has 0 spiro atoms. The molecule has 5 nitrogen and oxygen atoms in total. The summed E-state index contributed by atoms with van der Waals surface area (Å²) >= 11 is 0. The fraction of sp³-hybridized carbons (Fsp3) is 0.600. The van der Waals surface area contributed by atoms with E-state index in [4.69, 9.17) is 5.73 Å². The van der Waals surface area contributed by atoms with Gasteiger partial charge in [0.1, 0.15) is 0 Å². The summed E-state index contributed by atoms with van der Waals surface area (Å²) in [5.74, 6) is 0. The molecule has 0 amide bonds. The van der Waals surface area contributed by atoms with Crippen LogP contribution in [0.15, 0.2) is 29.2 Å². The summed E-state index contributed by atoms with van der Waals surface area (Å²) in [5, 5.41) is 3.39. The molecule has 0 aliphatic heterocycles. The minimum Gasteiger partial charge on any atom is -0.384 e. The molecule has 0 unspecified atom stereocenters. The Morgan fingerprint density at radius 3 is 2.38 bits per heavy atom. The van der Waals surface area contributed by atoms with Crippen molar-refractivity contribution < 1.29 is 8.42 Å². The van der Waals surface area contributed by atoms with Crippen LogP contribution in [0.4, 0.5) is 5.69 Å². The Morgan fingerprint density at radius 2 is 1.86 bits per heavy atom. The van der Waals surface area contributed by atoms with Crippen LogP contribution >= 0.6 is 0 Å². The van der Waals surface area contributed by atoms with E-state index in [0.29, 0.717) is 10.3 Å². The van der Waals surface area contributed by atoms with Crippen molar-refractivity contribution in [1.82, 2.24) is 4.72 Å². The van der Waals surface area contributed by atoms with Gasteiger partial charge in [-0.3, -0.25) is 0 Å². The zero-order chi connectivity index (χ0) is 14.9. The van der Waals surface area contributed by atoms with E-state index < -0.39 is 10.0 Å². The molecule has 0 atom stereocenters. The third kappa shape index (κ3) is 3.75. The van der Waals surface area contributed by atoms with E-state index in [0.717, 1.165) is 38.0 Å². The van der Waals surface area contributed by atoms with E-state index in [2.05, 4.69) is 10.0 Å². The molecular weight excluding hydrogens is 286 g/mol. The Kier molecular flexibility index (Phi) is 3.94. The molecule has 0 saturated heterocycles. The van der Waals surface area contributed by atoms with Crippen molar-refractivity contribution in [1.29, 1.82) is 0 Å². The van der Waals surface area contributed by atoms with Crippen LogP contribution in [0.3, 0.4) is 0 Å². The quantitative estimate of drug-likeness (QED) is 0.682. The number of nitrogens with two attached hydrogens (primary N) is 1. The van der Waals surface area contributed by atoms with Gasteiger partial charge in [-0.2, -0.15) is 0 Å². The first-order valence-electron chi connectivity index (χ1n) is 7.59. The average Bonchev–Trinajstić information content (AvgIpc) is 3.36. The van der Waals surface area contributed by atoms with Gasteiger partial charge in [-0.1, -0.05) is 0 Å². The predicted octanol–water partition coefficient (Wildman–Crippen LogP) is 1.67. The van der Waals surface area contributed by atoms with Crippen LogP contribution < -0.4 is 15.8 Å². The topological polar surface area (TPSA) is 84.2 Å². The highest BCUT2D eigenvalue weighted by Gasteiger charge is 2.41. The number of hydrogen-bond acceptors (Lipinski definition) is 4. The molecule has 2 aliphatic carbocycles. The van der Waals surface area contributed by atoms with E-state index in [1.54, 1.807) is 12.1 Å². The molecular formula is C15H23N3O2S. The van der Waals surface area contributed by atoms with E-state index >= 15 is 0 Å². The predicted molar refractivity (Wildman–Crippen MR) is 83.6 cm³/mol. The van der Waals surface area contributed by atoms with Crippen LogP contribution in [0.5, 0.6) is 0 Å². The zero-order valence-electron chi connectivity index (χ0n) is 12.1. The fourth-order valence-corrected chi connectivity index (χ4v) is 3.83. The lowest BCUT2D eigenvalue weighted by Crippen LogP contribution is -2.25. The van der Waals surface area contributed by atoms with Crippen LogP contribution in [-0.4, -0.2) is 27.5 Å². The van der Waals surface area contributed by atoms with Gasteiger partial charge in [-0.05, 0) is 68.3 Å². The van der Waals surface area contributed by atoms with Crippen molar-refractivity contribution in [2.45, 2.75) is 43.0 Å². The number of hydrogen-bond donors (Lipinski definition) is 3. The Morgan fingerprint density at radius 1 is 1.19 bits per heavy atom. The Hall–Kier alpha value is -1.11. The highest BCUT2D eigenvalue weighted by Crippen LogP contribution is 2.48. The molecule has 0 radical (unpaired) electrons. The highest BCUT2D eigenvalue weighted by atomic mass is 32.2. The second kappa shape index (κ2) is 5.59. The summed E-state index contributed by atoms with van der Waals surface area (Å²) in [7, 11) is -3.35. The van der Waals surface area contributed by atoms with Gasteiger partial charge >= 0.3 is 0 Å². The van der Waals surface area contributed by atoms with Gasteiger partial charge in [0.2, 0.25) is 10.0 Å². The Balaban J connectivity index is 1.59. The second-order valence-corrected chi connectivity index (χ2v) is 8.03. The molecule has 1 aromatic carbocycles. The number of nitrogens with one attached hydrogen (secondary N) is 2. The van der Waals surface area contributed by atoms with Crippen LogP contribution in [0, 0.1) is 5.41 Å². The molecule has 21 heavy (non-hydrogen) atoms. The first-order valence-corrected chi connectivity index (χ1v) is 9.08. The molecule has 4 N–H and O–H groups in total. The molecule has 0 heterocycles. The summed E-state index contributed by atoms with van der Waals surface area (Å²) in [4.78, 5) is 0.336. The molecule has 116 valence electrons. The molecule has 3 rings (SSSR count). The monoisotopic (exact) mass is 309 g/mol. The number of anilines is 1. The maximum Gasteiger partial charge on any atom is 0.240 e. The Labute approximate surface area is 126 Å². The average molecular weight is 309 g/mol. The minimum atomic E-state index is -3.35. The lowest BCUT2D eigenvalue weighted by molar-refractivity contribution is 0.501. The van der Waals surface area contributed by atoms with Crippen LogP contribution in [0.25, 0.3) is 0 Å². The van der Waals surface area contributed by atoms with Gasteiger partial charge in [-0.15, -0.1) is 0 Å². The number of rotatable bonds is 8. The van der Waals surface area contributed by atoms with Crippen molar-refractivity contribution in [3.05, 3.63) is 24.3 Å². The highest BCUT2D eigenvalue weighted by molar-refractivity contribution is 7.89. The smallest absolute Gasteiger partial charge is 0.240 e. The second-order valence-electron chi connectivity index (χ2n) is 6.31. The first kappa shape index (κ1) is 14.8. The lowest BCUT2D eigenvalue weighted by atomic mass is 10.0. The number of sulfonamides is 1. The summed E-state index contributed by atoms with van der Waals surface area (Å²) in [6, 6.07) is 7.13. The van der Waals surface area contributed by atoms with E-state index in [1.165, 1.54) is 12.8 Å². The standard InChI is InChI=1S/C15H23N3O2S/c16-10-9-15(7-8-15)11-17-12-3-5-14(6-4-12)21(19,20)18-13-1-2-13/h3-6,13,17-18H,1-2,7-11,16H2. The van der Waals surface area contributed by atoms with E-state index in [1.807, 2.05) is 12.1 Å². The third-order valence-corrected chi connectivity index (χ3v) is 5.90. The third-order valence-electron chi connectivity index (χ3n) is 4.36. The van der Waals surface area contributed by atoms with Gasteiger partial charge < -0.3 is 11.1 Å². The molecule has 1 aromatic rings. The summed E-state index contributed by atoms with van der Waals surface area (Å²) in [5.41, 5.74) is 6.96. The summed E-state index contributed by atoms with van der Waals surface area (Å²) in [6.45, 7) is 1.64. The SMILES string of the molecule is NCCC1(CNc2ccc(S(=O)(=O)NC3CC3)cc2)CC1.